The van der Waals surface area contributed by atoms with Gasteiger partial charge in [-0.3, -0.25) is 28.8 Å². The number of Topliss-reactive ketones (excluding diaryl/α,β-unsaturated/α-hetero) is 5. The number of hydrogen-bond acceptors (Lipinski definition) is 33. The van der Waals surface area contributed by atoms with E-state index in [1.165, 1.54) is 140 Å². The number of carboxylic acid groups (broad SMARTS) is 5. The number of rotatable bonds is 59. The normalized spacial score (nSPS) is 17.2. The number of carbonyl (C=O) groups is 15. The van der Waals surface area contributed by atoms with E-state index in [2.05, 4.69) is 64.0 Å². The van der Waals surface area contributed by atoms with E-state index in [0.29, 0.717) is 28.6 Å². The molecule has 12 unspecified atom stereocenters. The Hall–Kier alpha value is -3.47. The van der Waals surface area contributed by atoms with Gasteiger partial charge in [0.2, 0.25) is 11.8 Å². The number of nitrogens with one attached hydrogen (secondary N) is 5. The lowest BCUT2D eigenvalue weighted by Crippen LogP contribution is -2.45. The summed E-state index contributed by atoms with van der Waals surface area (Å²) in [6.45, 7) is 25.5. The summed E-state index contributed by atoms with van der Waals surface area (Å²) >= 11 is 12.1. The highest BCUT2D eigenvalue weighted by atomic mass is 33.1. The van der Waals surface area contributed by atoms with Crippen LogP contribution in [0.15, 0.2) is 0 Å². The summed E-state index contributed by atoms with van der Waals surface area (Å²) in [5.74, 6) is 0.256. The van der Waals surface area contributed by atoms with E-state index >= 15 is 0 Å². The third kappa shape index (κ3) is 76.0. The fraction of sp³-hybridized carbons (Fsp3) is 0.819. The molecular formula is C83H158N8O23S12. The van der Waals surface area contributed by atoms with Crippen LogP contribution in [0.5, 0.6) is 0 Å². The van der Waals surface area contributed by atoms with Crippen molar-refractivity contribution < 1.29 is 112 Å². The maximum Gasteiger partial charge on any atom is 0.408 e. The standard InChI is InChI=1S/C27H48N2O7S4.C27H44N2O7S4.C11H20N2O6S2.C8H18N2S2.C5H8O3.5CH4/c1-8-9-14-37-21-12-13-22(21)38-15-10-11-20(30)18(28-24(33)35-26(2,3)4)16-39-40-17-19(23(31)32)29-25(34)36-27(5,6)7;1-4-5-14-37-23-10-11-24(23)38-15-6-7-22(32)20(28-25(33)12-8-18(2)30)16-39-40-17-21(27(35)36)29-26(34)13-9-19(3)31;1-11(2,3)19-10(18)13-7(9(16)17)5-21-20-4-6(12)8(14)15;9-3-5-11-7-1-2-8(7)12-6-4-10;1-4(6)2-3-5(7)8;;;;;/h18-19,21-22H,8-17H2,1-7H3,(H,28,33)(H,29,34)(H,31,32);20-21,23-24H,4-17H2,1-3H3,(H,28,33)(H,29,34)(H,35,36);6-7H,4-5,12H2,1-3H3,(H,13,18)(H,14,15)(H,16,17);7-8H,1-6,9-10H2;2-3H2,1H3,(H,7,8);5*1H4. The van der Waals surface area contributed by atoms with Crippen LogP contribution in [0, 0.1) is 0 Å². The van der Waals surface area contributed by atoms with Crippen molar-refractivity contribution in [3.63, 3.8) is 0 Å². The van der Waals surface area contributed by atoms with Gasteiger partial charge in [-0.25, -0.2) is 28.8 Å². The second-order valence-electron chi connectivity index (χ2n) is 31.1. The zero-order valence-electron chi connectivity index (χ0n) is 72.7. The maximum absolute atomic E-state index is 13.1. The first-order valence-corrected chi connectivity index (χ1v) is 54.3. The Morgan fingerprint density at radius 1 is 0.333 bits per heavy atom. The van der Waals surface area contributed by atoms with E-state index in [9.17, 15) is 82.1 Å². The first-order chi connectivity index (χ1) is 56.7. The Labute approximate surface area is 802 Å². The zero-order chi connectivity index (χ0) is 92.3. The SMILES string of the molecule is C.C.C.C.C.CC(=O)CCC(=O)O.CC(C)(C)OC(=O)NC(CSSCC(N)C(=O)O)C(=O)O.CCCCSC1CCC1SCCCC(=O)C(CSSCC(NC(=O)CCC(C)=O)C(=O)O)NC(=O)CCC(C)=O.CCCCSC1CCC1SCCCC(=O)C(CSSCC(NC(=O)OC(C)(C)C)C(=O)O)NC(=O)OC(C)(C)C.NCCSC1CCC1SCCN. The van der Waals surface area contributed by atoms with Gasteiger partial charge in [0.1, 0.15) is 64.4 Å². The molecule has 3 saturated carbocycles. The largest absolute Gasteiger partial charge is 0.481 e. The Morgan fingerprint density at radius 3 is 0.810 bits per heavy atom. The molecule has 0 spiro atoms. The van der Waals surface area contributed by atoms with Crippen molar-refractivity contribution in [2.75, 3.05) is 82.1 Å². The number of amides is 5. The lowest BCUT2D eigenvalue weighted by Gasteiger charge is -2.35. The lowest BCUT2D eigenvalue weighted by molar-refractivity contribution is -0.141. The van der Waals surface area contributed by atoms with Crippen LogP contribution >= 0.6 is 135 Å². The molecule has 126 heavy (non-hydrogen) atoms. The highest BCUT2D eigenvalue weighted by Crippen LogP contribution is 2.43. The van der Waals surface area contributed by atoms with E-state index in [1.807, 2.05) is 47.0 Å². The molecular weight excluding hydrogens is 1860 g/mol. The van der Waals surface area contributed by atoms with Crippen LogP contribution in [0.4, 0.5) is 14.4 Å². The van der Waals surface area contributed by atoms with Gasteiger partial charge < -0.3 is 97.9 Å². The van der Waals surface area contributed by atoms with Crippen molar-refractivity contribution >= 4 is 224 Å². The zero-order valence-corrected chi connectivity index (χ0v) is 82.5. The smallest absolute Gasteiger partial charge is 0.408 e. The van der Waals surface area contributed by atoms with Crippen LogP contribution in [-0.2, 0) is 71.7 Å². The van der Waals surface area contributed by atoms with Crippen LogP contribution < -0.4 is 43.8 Å². The molecule has 0 aliphatic heterocycles. The molecule has 0 radical (unpaired) electrons. The first-order valence-electron chi connectivity index (χ1n) is 40.5. The van der Waals surface area contributed by atoms with Crippen molar-refractivity contribution in [1.82, 2.24) is 26.6 Å². The molecule has 43 heteroatoms. The van der Waals surface area contributed by atoms with Crippen LogP contribution in [0.25, 0.3) is 0 Å². The third-order valence-corrected chi connectivity index (χ3v) is 33.1. The number of thioether (sulfide) groups is 6. The predicted molar refractivity (Wildman–Crippen MR) is 539 cm³/mol. The van der Waals surface area contributed by atoms with Gasteiger partial charge in [-0.15, -0.1) is 0 Å². The van der Waals surface area contributed by atoms with Gasteiger partial charge in [-0.05, 0) is 170 Å². The van der Waals surface area contributed by atoms with E-state index in [-0.39, 0.29) is 145 Å². The Balaban J connectivity index is -0.000000306. The van der Waals surface area contributed by atoms with Gasteiger partial charge in [0, 0.05) is 136 Å². The molecule has 0 aromatic carbocycles. The Kier molecular flexibility index (Phi) is 85.0. The first kappa shape index (κ1) is 136. The highest BCUT2D eigenvalue weighted by Gasteiger charge is 2.35. The third-order valence-electron chi connectivity index (χ3n) is 16.3. The van der Waals surface area contributed by atoms with Gasteiger partial charge >= 0.3 is 48.1 Å². The minimum atomic E-state index is -1.20. The van der Waals surface area contributed by atoms with Crippen molar-refractivity contribution in [2.24, 2.45) is 17.2 Å². The molecule has 3 rings (SSSR count). The Bertz CT molecular complexity index is 3080. The number of alkyl carbamates (subject to hydrolysis) is 3. The van der Waals surface area contributed by atoms with Gasteiger partial charge in [-0.2, -0.15) is 70.6 Å². The van der Waals surface area contributed by atoms with Crippen molar-refractivity contribution in [3.8, 4) is 0 Å². The number of carbonyl (C=O) groups excluding carboxylic acids is 10. The fourth-order valence-electron chi connectivity index (χ4n) is 9.44. The molecule has 5 amide bonds. The number of aliphatic carboxylic acids is 5. The average molecular weight is 2020 g/mol. The van der Waals surface area contributed by atoms with Gasteiger partial charge in [-0.1, -0.05) is 129 Å². The molecule has 3 aliphatic rings. The van der Waals surface area contributed by atoms with Crippen LogP contribution in [0.3, 0.4) is 0 Å². The molecule has 0 aromatic heterocycles. The van der Waals surface area contributed by atoms with Crippen LogP contribution in [0.2, 0.25) is 0 Å². The minimum Gasteiger partial charge on any atom is -0.481 e. The van der Waals surface area contributed by atoms with Crippen molar-refractivity contribution in [1.29, 1.82) is 0 Å². The molecule has 3 aliphatic carbocycles. The second-order valence-corrected chi connectivity index (χ2v) is 46.9. The molecule has 16 N–H and O–H groups in total. The number of carboxylic acids is 5. The summed E-state index contributed by atoms with van der Waals surface area (Å²) in [5, 5.41) is 61.4. The summed E-state index contributed by atoms with van der Waals surface area (Å²) in [4.78, 5) is 173. The molecule has 31 nitrogen and oxygen atoms in total. The van der Waals surface area contributed by atoms with E-state index in [1.54, 1.807) is 62.3 Å². The summed E-state index contributed by atoms with van der Waals surface area (Å²) in [6.07, 6.45) is 12.7. The topological polar surface area (TPSA) is 523 Å². The van der Waals surface area contributed by atoms with E-state index in [4.69, 9.17) is 46.7 Å². The average Bonchev–Trinajstić information content (AvgIpc) is 0.861. The van der Waals surface area contributed by atoms with E-state index < -0.39 is 107 Å². The highest BCUT2D eigenvalue weighted by molar-refractivity contribution is 8.77. The fourth-order valence-corrected chi connectivity index (χ4v) is 25.4. The number of hydrogen-bond donors (Lipinski definition) is 13. The monoisotopic (exact) mass is 2020 g/mol. The molecule has 0 aromatic rings. The quantitative estimate of drug-likeness (QED) is 0.0153. The molecule has 0 heterocycles. The molecule has 3 fully saturated rings. The lowest BCUT2D eigenvalue weighted by atomic mass is 9.99. The predicted octanol–water partition coefficient (Wildman–Crippen LogP) is 16.0. The molecule has 0 saturated heterocycles. The minimum absolute atomic E-state index is 0. The molecule has 0 bridgehead atoms. The number of unbranched alkanes of at least 4 members (excludes halogenated alkanes) is 2. The Morgan fingerprint density at radius 2 is 0.571 bits per heavy atom. The summed E-state index contributed by atoms with van der Waals surface area (Å²) in [6, 6.07) is -5.93. The van der Waals surface area contributed by atoms with Gasteiger partial charge in [0.25, 0.3) is 0 Å². The second kappa shape index (κ2) is 79.0. The summed E-state index contributed by atoms with van der Waals surface area (Å²) < 4.78 is 15.5. The van der Waals surface area contributed by atoms with Crippen molar-refractivity contribution in [2.45, 2.75) is 347 Å². The number of ether oxygens (including phenoxy) is 3. The molecule has 12 atom stereocenters. The molecule has 740 valence electrons. The van der Waals surface area contributed by atoms with E-state index in [0.717, 1.165) is 86.3 Å². The van der Waals surface area contributed by atoms with Gasteiger partial charge in [0.05, 0.1) is 12.5 Å². The maximum atomic E-state index is 13.1. The van der Waals surface area contributed by atoms with Crippen LogP contribution in [0.1, 0.15) is 262 Å². The number of ketones is 5. The number of nitrogens with two attached hydrogens (primary N) is 3. The summed E-state index contributed by atoms with van der Waals surface area (Å²) in [5.41, 5.74) is 14.0. The van der Waals surface area contributed by atoms with Gasteiger partial charge in [0.15, 0.2) is 11.6 Å². The summed E-state index contributed by atoms with van der Waals surface area (Å²) in [7, 11) is 7.15. The van der Waals surface area contributed by atoms with Crippen molar-refractivity contribution in [3.05, 3.63) is 0 Å². The van der Waals surface area contributed by atoms with Crippen LogP contribution in [-0.4, -0.2) is 281 Å².